The van der Waals surface area contributed by atoms with Crippen LogP contribution in [0.5, 0.6) is 0 Å². The number of carbonyl (C=O) groups excluding carboxylic acids is 1. The summed E-state index contributed by atoms with van der Waals surface area (Å²) in [7, 11) is -0.931. The second kappa shape index (κ2) is 7.06. The van der Waals surface area contributed by atoms with Crippen molar-refractivity contribution in [3.8, 4) is 0 Å². The molecule has 0 aromatic heterocycles. The van der Waals surface area contributed by atoms with Crippen LogP contribution >= 0.6 is 0 Å². The number of hydrogen-bond acceptors (Lipinski definition) is 3. The fraction of sp³-hybridized carbons (Fsp3) is 0.846. The quantitative estimate of drug-likeness (QED) is 0.794. The highest BCUT2D eigenvalue weighted by Gasteiger charge is 2.44. The van der Waals surface area contributed by atoms with E-state index in [1.54, 1.807) is 0 Å². The minimum absolute atomic E-state index is 0.308. The van der Waals surface area contributed by atoms with E-state index in [0.29, 0.717) is 24.6 Å². The summed E-state index contributed by atoms with van der Waals surface area (Å²) in [4.78, 5) is 25.0. The smallest absolute Gasteiger partial charge is 0.327 e. The summed E-state index contributed by atoms with van der Waals surface area (Å²) in [5.74, 6) is -0.0105. The van der Waals surface area contributed by atoms with E-state index in [9.17, 15) is 18.9 Å². The molecule has 0 aromatic rings. The molecule has 0 spiro atoms. The Morgan fingerprint density at radius 2 is 2.10 bits per heavy atom. The highest BCUT2D eigenvalue weighted by molar-refractivity contribution is 7.84. The van der Waals surface area contributed by atoms with Crippen LogP contribution in [0.2, 0.25) is 0 Å². The summed E-state index contributed by atoms with van der Waals surface area (Å²) in [6, 6.07) is -1.19. The number of carboxylic acid groups (broad SMARTS) is 1. The van der Waals surface area contributed by atoms with Gasteiger partial charge in [-0.05, 0) is 18.3 Å². The lowest BCUT2D eigenvalue weighted by atomic mass is 9.76. The second-order valence-corrected chi connectivity index (χ2v) is 7.56. The summed E-state index contributed by atoms with van der Waals surface area (Å²) < 4.78 is 11.3. The molecule has 2 amide bonds. The van der Waals surface area contributed by atoms with Gasteiger partial charge in [-0.15, -0.1) is 0 Å². The number of nitrogens with one attached hydrogen (secondary N) is 1. The van der Waals surface area contributed by atoms with Crippen LogP contribution in [0.1, 0.15) is 33.6 Å². The maximum atomic E-state index is 12.1. The minimum atomic E-state index is -0.970. The molecule has 20 heavy (non-hydrogen) atoms. The Kier molecular flexibility index (Phi) is 5.98. The number of likely N-dealkylation sites (tertiary alicyclic amines) is 1. The van der Waals surface area contributed by atoms with E-state index in [4.69, 9.17) is 0 Å². The Bertz CT molecular complexity index is 398. The molecular weight excluding hydrogens is 280 g/mol. The van der Waals surface area contributed by atoms with Crippen LogP contribution < -0.4 is 5.32 Å². The molecular formula is C13H24N2O4S. The highest BCUT2D eigenvalue weighted by Crippen LogP contribution is 2.35. The molecule has 1 rings (SSSR count). The summed E-state index contributed by atoms with van der Waals surface area (Å²) >= 11 is 0. The fourth-order valence-electron chi connectivity index (χ4n) is 2.60. The van der Waals surface area contributed by atoms with Crippen molar-refractivity contribution in [2.75, 3.05) is 24.6 Å². The summed E-state index contributed by atoms with van der Waals surface area (Å²) in [6.45, 7) is 6.33. The number of hydrogen-bond donors (Lipinski definition) is 2. The van der Waals surface area contributed by atoms with E-state index >= 15 is 0 Å². The molecule has 0 radical (unpaired) electrons. The van der Waals surface area contributed by atoms with Crippen molar-refractivity contribution in [3.05, 3.63) is 0 Å². The van der Waals surface area contributed by atoms with E-state index in [1.165, 1.54) is 4.90 Å². The van der Waals surface area contributed by atoms with Gasteiger partial charge >= 0.3 is 12.0 Å². The minimum Gasteiger partial charge on any atom is -0.480 e. The average molecular weight is 304 g/mol. The van der Waals surface area contributed by atoms with Crippen molar-refractivity contribution in [3.63, 3.8) is 0 Å². The van der Waals surface area contributed by atoms with Crippen LogP contribution in [0.25, 0.3) is 0 Å². The van der Waals surface area contributed by atoms with E-state index in [1.807, 2.05) is 20.8 Å². The van der Waals surface area contributed by atoms with Crippen molar-refractivity contribution in [2.24, 2.45) is 5.41 Å². The van der Waals surface area contributed by atoms with Crippen LogP contribution in [0.15, 0.2) is 0 Å². The lowest BCUT2D eigenvalue weighted by molar-refractivity contribution is -0.148. The van der Waals surface area contributed by atoms with Gasteiger partial charge in [0, 0.05) is 35.4 Å². The Labute approximate surface area is 122 Å². The van der Waals surface area contributed by atoms with Gasteiger partial charge in [-0.25, -0.2) is 9.59 Å². The van der Waals surface area contributed by atoms with Gasteiger partial charge in [-0.1, -0.05) is 20.8 Å². The molecule has 0 aliphatic carbocycles. The third-order valence-electron chi connectivity index (χ3n) is 3.69. The van der Waals surface area contributed by atoms with Crippen molar-refractivity contribution in [2.45, 2.75) is 39.7 Å². The Balaban J connectivity index is 2.65. The Hall–Kier alpha value is -1.11. The molecule has 0 saturated carbocycles. The van der Waals surface area contributed by atoms with Gasteiger partial charge in [0.25, 0.3) is 0 Å². The average Bonchev–Trinajstić information content (AvgIpc) is 2.36. The van der Waals surface area contributed by atoms with Gasteiger partial charge in [0.1, 0.15) is 6.04 Å². The molecule has 1 fully saturated rings. The molecule has 1 heterocycles. The first-order valence-electron chi connectivity index (χ1n) is 6.92. The molecule has 2 N–H and O–H groups in total. The summed E-state index contributed by atoms with van der Waals surface area (Å²) in [6.07, 6.45) is 1.58. The predicted molar refractivity (Wildman–Crippen MR) is 78.1 cm³/mol. The fourth-order valence-corrected chi connectivity index (χ4v) is 3.22. The standard InChI is InChI=1S/C13H24N2O4S/c1-4-20(19)9-7-14-12(18)15-8-5-6-13(2,3)10(15)11(16)17/h10H,4-9H2,1-3H3,(H,14,18)(H,16,17). The first-order valence-corrected chi connectivity index (χ1v) is 8.40. The third kappa shape index (κ3) is 4.19. The Morgan fingerprint density at radius 3 is 2.65 bits per heavy atom. The predicted octanol–water partition coefficient (Wildman–Crippen LogP) is 1.04. The molecule has 1 aliphatic rings. The monoisotopic (exact) mass is 304 g/mol. The van der Waals surface area contributed by atoms with Crippen molar-refractivity contribution in [1.29, 1.82) is 0 Å². The first-order chi connectivity index (χ1) is 9.29. The van der Waals surface area contributed by atoms with Crippen LogP contribution in [0, 0.1) is 5.41 Å². The highest BCUT2D eigenvalue weighted by atomic mass is 32.2. The zero-order valence-electron chi connectivity index (χ0n) is 12.3. The lowest BCUT2D eigenvalue weighted by Gasteiger charge is -2.43. The maximum Gasteiger partial charge on any atom is 0.327 e. The molecule has 1 saturated heterocycles. The number of carboxylic acids is 1. The zero-order chi connectivity index (χ0) is 15.3. The van der Waals surface area contributed by atoms with Crippen molar-refractivity contribution >= 4 is 22.8 Å². The topological polar surface area (TPSA) is 86.7 Å². The van der Waals surface area contributed by atoms with E-state index < -0.39 is 28.2 Å². The number of nitrogens with zero attached hydrogens (tertiary/aromatic N) is 1. The van der Waals surface area contributed by atoms with E-state index in [2.05, 4.69) is 5.32 Å². The van der Waals surface area contributed by atoms with Gasteiger partial charge < -0.3 is 15.3 Å². The van der Waals surface area contributed by atoms with Gasteiger partial charge in [0.05, 0.1) is 0 Å². The Morgan fingerprint density at radius 1 is 1.45 bits per heavy atom. The molecule has 1 aliphatic heterocycles. The normalized spacial score (nSPS) is 23.1. The largest absolute Gasteiger partial charge is 0.480 e. The third-order valence-corrected chi connectivity index (χ3v) is 5.00. The summed E-state index contributed by atoms with van der Waals surface area (Å²) in [5, 5.41) is 12.0. The van der Waals surface area contributed by atoms with Gasteiger partial charge in [0.15, 0.2) is 0 Å². The molecule has 2 unspecified atom stereocenters. The van der Waals surface area contributed by atoms with Crippen LogP contribution in [0.3, 0.4) is 0 Å². The molecule has 7 heteroatoms. The van der Waals surface area contributed by atoms with E-state index in [-0.39, 0.29) is 6.03 Å². The zero-order valence-corrected chi connectivity index (χ0v) is 13.2. The maximum absolute atomic E-state index is 12.1. The number of rotatable bonds is 5. The number of carbonyl (C=O) groups is 2. The van der Waals surface area contributed by atoms with Gasteiger partial charge in [-0.2, -0.15) is 0 Å². The molecule has 6 nitrogen and oxygen atoms in total. The molecule has 0 bridgehead atoms. The van der Waals surface area contributed by atoms with Crippen LogP contribution in [-0.2, 0) is 15.6 Å². The SMILES string of the molecule is CCS(=O)CCNC(=O)N1CCCC(C)(C)C1C(=O)O. The lowest BCUT2D eigenvalue weighted by Crippen LogP contribution is -2.58. The van der Waals surface area contributed by atoms with Gasteiger partial charge in [0.2, 0.25) is 0 Å². The number of aliphatic carboxylic acids is 1. The number of urea groups is 1. The number of piperidine rings is 1. The van der Waals surface area contributed by atoms with E-state index in [0.717, 1.165) is 12.8 Å². The molecule has 116 valence electrons. The second-order valence-electron chi connectivity index (χ2n) is 5.69. The first kappa shape index (κ1) is 16.9. The molecule has 2 atom stereocenters. The van der Waals surface area contributed by atoms with Crippen LogP contribution in [-0.4, -0.2) is 56.9 Å². The van der Waals surface area contributed by atoms with Crippen molar-refractivity contribution < 1.29 is 18.9 Å². The van der Waals surface area contributed by atoms with Gasteiger partial charge in [-0.3, -0.25) is 4.21 Å². The number of amides is 2. The van der Waals surface area contributed by atoms with Crippen LogP contribution in [0.4, 0.5) is 4.79 Å². The van der Waals surface area contributed by atoms with Crippen molar-refractivity contribution in [1.82, 2.24) is 10.2 Å². The summed E-state index contributed by atoms with van der Waals surface area (Å²) in [5.41, 5.74) is -0.437. The molecule has 0 aromatic carbocycles.